The molecule has 0 saturated heterocycles. The van der Waals surface area contributed by atoms with E-state index in [1.165, 1.54) is 25.0 Å². The van der Waals surface area contributed by atoms with E-state index in [0.29, 0.717) is 23.4 Å². The Morgan fingerprint density at radius 1 is 1.45 bits per heavy atom. The highest BCUT2D eigenvalue weighted by Crippen LogP contribution is 2.51. The number of halogens is 1. The molecule has 1 saturated carbocycles. The number of nitrogens with two attached hydrogens (primary N) is 1. The van der Waals surface area contributed by atoms with Crippen LogP contribution in [0.25, 0.3) is 0 Å². The van der Waals surface area contributed by atoms with Gasteiger partial charge in [-0.05, 0) is 47.9 Å². The summed E-state index contributed by atoms with van der Waals surface area (Å²) in [6, 6.07) is 4.46. The van der Waals surface area contributed by atoms with E-state index in [2.05, 4.69) is 24.3 Å². The van der Waals surface area contributed by atoms with E-state index in [-0.39, 0.29) is 11.7 Å². The number of benzene rings is 1. The molecule has 1 aromatic carbocycles. The van der Waals surface area contributed by atoms with Gasteiger partial charge in [-0.15, -0.1) is 0 Å². The summed E-state index contributed by atoms with van der Waals surface area (Å²) in [5.74, 6) is 0.206. The molecule has 4 nitrogen and oxygen atoms in total. The molecule has 0 spiro atoms. The van der Waals surface area contributed by atoms with Gasteiger partial charge >= 0.3 is 0 Å². The van der Waals surface area contributed by atoms with Gasteiger partial charge in [-0.3, -0.25) is 0 Å². The van der Waals surface area contributed by atoms with E-state index in [1.54, 1.807) is 6.07 Å². The molecule has 1 aromatic rings. The maximum Gasteiger partial charge on any atom is 0.170 e. The summed E-state index contributed by atoms with van der Waals surface area (Å²) in [7, 11) is 0. The van der Waals surface area contributed by atoms with E-state index in [0.717, 1.165) is 12.1 Å². The SMILES string of the molecule is CC(C)C1(CNCc2cc(F)cc(/C(N)=N/O)c2)CC1. The predicted octanol–water partition coefficient (Wildman–Crippen LogP) is 2.45. The Balaban J connectivity index is 1.98. The molecule has 4 N–H and O–H groups in total. The monoisotopic (exact) mass is 279 g/mol. The third kappa shape index (κ3) is 3.28. The van der Waals surface area contributed by atoms with Crippen LogP contribution >= 0.6 is 0 Å². The van der Waals surface area contributed by atoms with Crippen molar-refractivity contribution in [3.8, 4) is 0 Å². The third-order valence-electron chi connectivity index (χ3n) is 4.28. The van der Waals surface area contributed by atoms with E-state index >= 15 is 0 Å². The fourth-order valence-corrected chi connectivity index (χ4v) is 2.53. The van der Waals surface area contributed by atoms with Gasteiger partial charge in [-0.2, -0.15) is 0 Å². The first-order valence-electron chi connectivity index (χ1n) is 6.95. The second kappa shape index (κ2) is 5.79. The van der Waals surface area contributed by atoms with Crippen molar-refractivity contribution in [3.63, 3.8) is 0 Å². The minimum atomic E-state index is -0.379. The van der Waals surface area contributed by atoms with Gasteiger partial charge in [0.25, 0.3) is 0 Å². The maximum atomic E-state index is 13.5. The van der Waals surface area contributed by atoms with Crippen molar-refractivity contribution >= 4 is 5.84 Å². The molecule has 0 radical (unpaired) electrons. The van der Waals surface area contributed by atoms with E-state index in [9.17, 15) is 4.39 Å². The van der Waals surface area contributed by atoms with Gasteiger partial charge < -0.3 is 16.3 Å². The quantitative estimate of drug-likeness (QED) is 0.324. The molecule has 0 unspecified atom stereocenters. The Bertz CT molecular complexity index is 510. The normalized spacial score (nSPS) is 17.5. The molecule has 2 rings (SSSR count). The van der Waals surface area contributed by atoms with Crippen molar-refractivity contribution in [1.29, 1.82) is 0 Å². The zero-order valence-corrected chi connectivity index (χ0v) is 12.0. The summed E-state index contributed by atoms with van der Waals surface area (Å²) in [5, 5.41) is 14.9. The second-order valence-corrected chi connectivity index (χ2v) is 5.95. The Hall–Kier alpha value is -1.62. The molecule has 1 aliphatic rings. The number of oxime groups is 1. The summed E-state index contributed by atoms with van der Waals surface area (Å²) in [5.41, 5.74) is 7.11. The molecular weight excluding hydrogens is 257 g/mol. The number of hydrogen-bond donors (Lipinski definition) is 3. The second-order valence-electron chi connectivity index (χ2n) is 5.95. The van der Waals surface area contributed by atoms with Crippen molar-refractivity contribution in [2.75, 3.05) is 6.54 Å². The average Bonchev–Trinajstić information content (AvgIpc) is 3.18. The Labute approximate surface area is 118 Å². The van der Waals surface area contributed by atoms with Gasteiger partial charge in [0.2, 0.25) is 0 Å². The van der Waals surface area contributed by atoms with Gasteiger partial charge in [0, 0.05) is 18.7 Å². The van der Waals surface area contributed by atoms with Crippen LogP contribution in [0.2, 0.25) is 0 Å². The molecule has 0 amide bonds. The molecule has 5 heteroatoms. The van der Waals surface area contributed by atoms with E-state index in [1.807, 2.05) is 0 Å². The topological polar surface area (TPSA) is 70.6 Å². The number of nitrogens with one attached hydrogen (secondary N) is 1. The lowest BCUT2D eigenvalue weighted by molar-refractivity contribution is 0.318. The largest absolute Gasteiger partial charge is 0.409 e. The molecule has 0 bridgehead atoms. The number of amidine groups is 1. The van der Waals surface area contributed by atoms with Crippen LogP contribution in [0.4, 0.5) is 4.39 Å². The summed E-state index contributed by atoms with van der Waals surface area (Å²) in [6.07, 6.45) is 2.52. The Kier molecular flexibility index (Phi) is 4.28. The average molecular weight is 279 g/mol. The van der Waals surface area contributed by atoms with Gasteiger partial charge in [-0.25, -0.2) is 4.39 Å². The summed E-state index contributed by atoms with van der Waals surface area (Å²) >= 11 is 0. The highest BCUT2D eigenvalue weighted by molar-refractivity contribution is 5.97. The van der Waals surface area contributed by atoms with Crippen LogP contribution in [-0.2, 0) is 6.54 Å². The summed E-state index contributed by atoms with van der Waals surface area (Å²) < 4.78 is 13.5. The van der Waals surface area contributed by atoms with Crippen LogP contribution < -0.4 is 11.1 Å². The van der Waals surface area contributed by atoms with Gasteiger partial charge in [0.15, 0.2) is 5.84 Å². The molecule has 0 aliphatic heterocycles. The predicted molar refractivity (Wildman–Crippen MR) is 77.1 cm³/mol. The number of hydrogen-bond acceptors (Lipinski definition) is 3. The van der Waals surface area contributed by atoms with Crippen LogP contribution in [0.3, 0.4) is 0 Å². The van der Waals surface area contributed by atoms with Crippen LogP contribution in [-0.4, -0.2) is 17.6 Å². The van der Waals surface area contributed by atoms with E-state index in [4.69, 9.17) is 10.9 Å². The number of rotatable bonds is 6. The standard InChI is InChI=1S/C15H22FN3O/c1-10(2)15(3-4-15)9-18-8-11-5-12(14(17)19-20)7-13(16)6-11/h5-7,10,18,20H,3-4,8-9H2,1-2H3,(H2,17,19). The maximum absolute atomic E-state index is 13.5. The Morgan fingerprint density at radius 3 is 2.70 bits per heavy atom. The van der Waals surface area contributed by atoms with Crippen molar-refractivity contribution in [1.82, 2.24) is 5.32 Å². The first kappa shape index (κ1) is 14.8. The van der Waals surface area contributed by atoms with Crippen molar-refractivity contribution in [2.24, 2.45) is 22.2 Å². The molecule has 0 aromatic heterocycles. The van der Waals surface area contributed by atoms with Gasteiger partial charge in [-0.1, -0.05) is 19.0 Å². The minimum absolute atomic E-state index is 0.0772. The molecule has 0 heterocycles. The first-order chi connectivity index (χ1) is 9.47. The van der Waals surface area contributed by atoms with Crippen LogP contribution in [0.15, 0.2) is 23.4 Å². The van der Waals surface area contributed by atoms with Crippen molar-refractivity contribution in [3.05, 3.63) is 35.1 Å². The molecule has 110 valence electrons. The molecule has 20 heavy (non-hydrogen) atoms. The Morgan fingerprint density at radius 2 is 2.15 bits per heavy atom. The molecule has 1 aliphatic carbocycles. The lowest BCUT2D eigenvalue weighted by atomic mass is 9.92. The molecule has 0 atom stereocenters. The smallest absolute Gasteiger partial charge is 0.170 e. The van der Waals surface area contributed by atoms with Crippen LogP contribution in [0, 0.1) is 17.2 Å². The summed E-state index contributed by atoms with van der Waals surface area (Å²) in [6.45, 7) is 6.01. The zero-order valence-electron chi connectivity index (χ0n) is 12.0. The van der Waals surface area contributed by atoms with Gasteiger partial charge in [0.1, 0.15) is 5.82 Å². The van der Waals surface area contributed by atoms with Gasteiger partial charge in [0.05, 0.1) is 0 Å². The summed E-state index contributed by atoms with van der Waals surface area (Å²) in [4.78, 5) is 0. The highest BCUT2D eigenvalue weighted by atomic mass is 19.1. The third-order valence-corrected chi connectivity index (χ3v) is 4.28. The molecular formula is C15H22FN3O. The fourth-order valence-electron chi connectivity index (χ4n) is 2.53. The molecule has 1 fully saturated rings. The van der Waals surface area contributed by atoms with E-state index < -0.39 is 0 Å². The zero-order chi connectivity index (χ0) is 14.8. The first-order valence-corrected chi connectivity index (χ1v) is 6.95. The van der Waals surface area contributed by atoms with Crippen LogP contribution in [0.1, 0.15) is 37.8 Å². The fraction of sp³-hybridized carbons (Fsp3) is 0.533. The van der Waals surface area contributed by atoms with Crippen molar-refractivity contribution in [2.45, 2.75) is 33.2 Å². The number of nitrogens with zero attached hydrogens (tertiary/aromatic N) is 1. The van der Waals surface area contributed by atoms with Crippen LogP contribution in [0.5, 0.6) is 0 Å². The lowest BCUT2D eigenvalue weighted by Gasteiger charge is -2.20. The highest BCUT2D eigenvalue weighted by Gasteiger charge is 2.44. The van der Waals surface area contributed by atoms with Crippen molar-refractivity contribution < 1.29 is 9.60 Å². The lowest BCUT2D eigenvalue weighted by Crippen LogP contribution is -2.27. The minimum Gasteiger partial charge on any atom is -0.409 e.